The van der Waals surface area contributed by atoms with Crippen molar-refractivity contribution in [2.45, 2.75) is 129 Å². The maximum Gasteiger partial charge on any atom is 0.186 e. The van der Waals surface area contributed by atoms with E-state index in [1.165, 1.54) is 25.7 Å². The molecule has 2 bridgehead atoms. The van der Waals surface area contributed by atoms with Crippen molar-refractivity contribution in [2.75, 3.05) is 13.2 Å². The first-order chi connectivity index (χ1) is 20.2. The molecule has 0 amide bonds. The van der Waals surface area contributed by atoms with Crippen molar-refractivity contribution in [3.8, 4) is 0 Å². The summed E-state index contributed by atoms with van der Waals surface area (Å²) < 4.78 is 19.2. The predicted molar refractivity (Wildman–Crippen MR) is 165 cm³/mol. The highest BCUT2D eigenvalue weighted by Crippen LogP contribution is 2.77. The van der Waals surface area contributed by atoms with E-state index in [0.717, 1.165) is 31.4 Å². The quantitative estimate of drug-likeness (QED) is 0.243. The van der Waals surface area contributed by atoms with E-state index >= 15 is 0 Å². The van der Waals surface area contributed by atoms with Gasteiger partial charge in [0.1, 0.15) is 24.4 Å². The molecule has 1 spiro atoms. The number of aliphatic hydroxyl groups excluding tert-OH is 4. The monoisotopic (exact) mass is 600 g/mol. The molecule has 4 aliphatic carbocycles. The third-order valence-electron chi connectivity index (χ3n) is 14.1. The largest absolute Gasteiger partial charge is 0.394 e. The molecular formula is C36H56O7. The van der Waals surface area contributed by atoms with Crippen LogP contribution in [0.1, 0.15) is 86.5 Å². The van der Waals surface area contributed by atoms with Crippen molar-refractivity contribution in [1.29, 1.82) is 0 Å². The van der Waals surface area contributed by atoms with E-state index in [9.17, 15) is 20.4 Å². The van der Waals surface area contributed by atoms with Gasteiger partial charge in [-0.2, -0.15) is 0 Å². The molecule has 0 aromatic rings. The van der Waals surface area contributed by atoms with Gasteiger partial charge < -0.3 is 34.6 Å². The van der Waals surface area contributed by atoms with E-state index in [-0.39, 0.29) is 22.3 Å². The standard InChI is InChI=1S/C36H56O7/c1-21(2)9-8-10-22(3)23-13-15-34(7)25-14-16-36-26(35(25,20-41-36)18-17-33(23,34)6)11-12-27(32(36,4)5)43-31-30(40)29(39)28(38)24(19-37)42-31/h8-9,14,16,22-31,37-40H,1,10-13,15,17-20H2,2-7H3. The Morgan fingerprint density at radius 3 is 2.47 bits per heavy atom. The summed E-state index contributed by atoms with van der Waals surface area (Å²) in [6.45, 7) is 18.4. The van der Waals surface area contributed by atoms with Gasteiger partial charge in [0, 0.05) is 16.7 Å². The summed E-state index contributed by atoms with van der Waals surface area (Å²) in [7, 11) is 0. The molecule has 3 saturated carbocycles. The summed E-state index contributed by atoms with van der Waals surface area (Å²) in [6.07, 6.45) is 10.5. The summed E-state index contributed by atoms with van der Waals surface area (Å²) in [6, 6.07) is 0. The van der Waals surface area contributed by atoms with Crippen LogP contribution < -0.4 is 0 Å². The van der Waals surface area contributed by atoms with Crippen LogP contribution in [0.4, 0.5) is 0 Å². The first kappa shape index (κ1) is 31.9. The van der Waals surface area contributed by atoms with Crippen molar-refractivity contribution in [3.63, 3.8) is 0 Å². The Kier molecular flexibility index (Phi) is 7.98. The second kappa shape index (κ2) is 10.8. The minimum Gasteiger partial charge on any atom is -0.394 e. The molecule has 14 atom stereocenters. The van der Waals surface area contributed by atoms with Gasteiger partial charge in [-0.05, 0) is 80.5 Å². The van der Waals surface area contributed by atoms with Gasteiger partial charge in [-0.1, -0.05) is 71.1 Å². The second-order valence-electron chi connectivity index (χ2n) is 16.3. The molecule has 242 valence electrons. The molecule has 4 N–H and O–H groups in total. The summed E-state index contributed by atoms with van der Waals surface area (Å²) in [5.41, 5.74) is 0.805. The number of hydrogen-bond acceptors (Lipinski definition) is 7. The van der Waals surface area contributed by atoms with Crippen LogP contribution in [0.25, 0.3) is 0 Å². The Bertz CT molecular complexity index is 1150. The molecular weight excluding hydrogens is 544 g/mol. The normalized spacial score (nSPS) is 52.5. The van der Waals surface area contributed by atoms with Gasteiger partial charge in [0.15, 0.2) is 6.29 Å². The predicted octanol–water partition coefficient (Wildman–Crippen LogP) is 4.92. The van der Waals surface area contributed by atoms with Crippen LogP contribution in [0.3, 0.4) is 0 Å². The average molecular weight is 601 g/mol. The fourth-order valence-electron chi connectivity index (χ4n) is 11.4. The third kappa shape index (κ3) is 4.32. The van der Waals surface area contributed by atoms with Crippen LogP contribution in [0.2, 0.25) is 0 Å². The van der Waals surface area contributed by atoms with Gasteiger partial charge in [0.25, 0.3) is 0 Å². The fraction of sp³-hybridized carbons (Fsp3) is 0.833. The molecule has 7 nitrogen and oxygen atoms in total. The highest BCUT2D eigenvalue weighted by atomic mass is 16.7. The first-order valence-electron chi connectivity index (χ1n) is 16.8. The van der Waals surface area contributed by atoms with Gasteiger partial charge in [-0.3, -0.25) is 0 Å². The summed E-state index contributed by atoms with van der Waals surface area (Å²) in [5, 5.41) is 41.0. The molecule has 5 fully saturated rings. The Morgan fingerprint density at radius 1 is 1.02 bits per heavy atom. The summed E-state index contributed by atoms with van der Waals surface area (Å²) in [5.74, 6) is 2.19. The highest BCUT2D eigenvalue weighted by molar-refractivity contribution is 5.33. The van der Waals surface area contributed by atoms with Crippen molar-refractivity contribution in [1.82, 2.24) is 0 Å². The SMILES string of the molecule is C=C(C)C=CCC(C)C1CCC2(C)C3C=CC45OCC3(CCC12C)C4CCC(OC1OC(CO)C(O)C(O)C1O)C5(C)C. The molecule has 0 aromatic heterocycles. The Morgan fingerprint density at radius 2 is 1.77 bits per heavy atom. The minimum atomic E-state index is -1.45. The van der Waals surface area contributed by atoms with Crippen molar-refractivity contribution in [2.24, 2.45) is 45.3 Å². The van der Waals surface area contributed by atoms with Crippen LogP contribution in [0, 0.1) is 45.3 Å². The third-order valence-corrected chi connectivity index (χ3v) is 14.1. The molecule has 43 heavy (non-hydrogen) atoms. The lowest BCUT2D eigenvalue weighted by Gasteiger charge is -2.65. The lowest BCUT2D eigenvalue weighted by atomic mass is 9.38. The molecule has 0 radical (unpaired) electrons. The van der Waals surface area contributed by atoms with E-state index < -0.39 is 48.3 Å². The van der Waals surface area contributed by atoms with E-state index in [0.29, 0.717) is 23.7 Å². The van der Waals surface area contributed by atoms with Crippen molar-refractivity contribution in [3.05, 3.63) is 36.5 Å². The van der Waals surface area contributed by atoms with Crippen LogP contribution >= 0.6 is 0 Å². The van der Waals surface area contributed by atoms with Crippen molar-refractivity contribution >= 4 is 0 Å². The van der Waals surface area contributed by atoms with Crippen LogP contribution in [0.15, 0.2) is 36.5 Å². The first-order valence-corrected chi connectivity index (χ1v) is 16.8. The zero-order valence-electron chi connectivity index (χ0n) is 27.2. The maximum absolute atomic E-state index is 10.7. The summed E-state index contributed by atoms with van der Waals surface area (Å²) >= 11 is 0. The van der Waals surface area contributed by atoms with Gasteiger partial charge in [0.05, 0.1) is 24.9 Å². The number of hydrogen-bond donors (Lipinski definition) is 4. The van der Waals surface area contributed by atoms with Crippen LogP contribution in [-0.4, -0.2) is 76.1 Å². The Balaban J connectivity index is 1.26. The van der Waals surface area contributed by atoms with Crippen molar-refractivity contribution < 1.29 is 34.6 Å². The lowest BCUT2D eigenvalue weighted by Crippen LogP contribution is -2.66. The summed E-state index contributed by atoms with van der Waals surface area (Å²) in [4.78, 5) is 0. The zero-order chi connectivity index (χ0) is 31.2. The van der Waals surface area contributed by atoms with E-state index in [4.69, 9.17) is 14.2 Å². The number of fused-ring (bicyclic) bond motifs is 2. The molecule has 0 aromatic carbocycles. The van der Waals surface area contributed by atoms with Gasteiger partial charge in [0.2, 0.25) is 0 Å². The molecule has 6 rings (SSSR count). The topological polar surface area (TPSA) is 109 Å². The molecule has 2 saturated heterocycles. The Labute approximate surface area is 258 Å². The van der Waals surface area contributed by atoms with E-state index in [1.54, 1.807) is 0 Å². The molecule has 14 unspecified atom stereocenters. The smallest absolute Gasteiger partial charge is 0.186 e. The lowest BCUT2D eigenvalue weighted by molar-refractivity contribution is -0.329. The van der Waals surface area contributed by atoms with Crippen LogP contribution in [-0.2, 0) is 14.2 Å². The van der Waals surface area contributed by atoms with Gasteiger partial charge in [-0.25, -0.2) is 0 Å². The van der Waals surface area contributed by atoms with Gasteiger partial charge >= 0.3 is 0 Å². The maximum atomic E-state index is 10.7. The fourth-order valence-corrected chi connectivity index (χ4v) is 11.4. The van der Waals surface area contributed by atoms with E-state index in [1.807, 2.05) is 0 Å². The zero-order valence-corrected chi connectivity index (χ0v) is 27.2. The Hall–Kier alpha value is -1.06. The number of aliphatic hydroxyl groups is 4. The average Bonchev–Trinajstić information content (AvgIpc) is 3.35. The molecule has 6 aliphatic rings. The molecule has 7 heteroatoms. The van der Waals surface area contributed by atoms with E-state index in [2.05, 4.69) is 72.4 Å². The van der Waals surface area contributed by atoms with Crippen LogP contribution in [0.5, 0.6) is 0 Å². The number of rotatable bonds is 7. The molecule has 2 heterocycles. The highest BCUT2D eigenvalue weighted by Gasteiger charge is 2.75. The van der Waals surface area contributed by atoms with Gasteiger partial charge in [-0.15, -0.1) is 0 Å². The number of allylic oxidation sites excluding steroid dienone is 4. The minimum absolute atomic E-state index is 0.104. The number of ether oxygens (including phenoxy) is 3. The molecule has 2 aliphatic heterocycles. The second-order valence-corrected chi connectivity index (χ2v) is 16.3.